The van der Waals surface area contributed by atoms with E-state index >= 15 is 0 Å². The maximum absolute atomic E-state index is 11.7. The number of hydrogen-bond donors (Lipinski definition) is 2. The number of aromatic hydroxyl groups is 1. The lowest BCUT2D eigenvalue weighted by Crippen LogP contribution is -2.45. The Morgan fingerprint density at radius 2 is 1.83 bits per heavy atom. The molecular weight excluding hydrogens is 362 g/mol. The first-order chi connectivity index (χ1) is 13.7. The van der Waals surface area contributed by atoms with Crippen LogP contribution in [-0.4, -0.2) is 20.8 Å². The second-order valence-corrected chi connectivity index (χ2v) is 9.31. The van der Waals surface area contributed by atoms with E-state index in [0.717, 1.165) is 5.56 Å². The van der Waals surface area contributed by atoms with Gasteiger partial charge in [0.15, 0.2) is 0 Å². The average molecular weight is 398 g/mol. The highest BCUT2D eigenvalue weighted by atomic mass is 16.5. The van der Waals surface area contributed by atoms with Crippen LogP contribution in [0.2, 0.25) is 0 Å². The van der Waals surface area contributed by atoms with Gasteiger partial charge in [-0.3, -0.25) is 4.98 Å². The van der Waals surface area contributed by atoms with E-state index in [1.165, 1.54) is 25.7 Å². The van der Waals surface area contributed by atoms with Gasteiger partial charge in [0.25, 0.3) is 0 Å². The molecule has 3 unspecified atom stereocenters. The van der Waals surface area contributed by atoms with Gasteiger partial charge in [-0.1, -0.05) is 46.5 Å². The Hall–Kier alpha value is -2.07. The standard InChI is InChI=1S/C25H35NO3/c1-6-7-8-9-17(2)18(3)19-14-21(27)23-22(15-19)29-24(4,5)16-25(23,28)20-10-12-26-13-11-20/h10-15,17-18,27-28H,6-9,16H2,1-5H3. The summed E-state index contributed by atoms with van der Waals surface area (Å²) in [4.78, 5) is 4.07. The lowest BCUT2D eigenvalue weighted by molar-refractivity contribution is -0.0395. The van der Waals surface area contributed by atoms with Crippen molar-refractivity contribution in [2.75, 3.05) is 0 Å². The zero-order valence-electron chi connectivity index (χ0n) is 18.4. The minimum absolute atomic E-state index is 0.0971. The van der Waals surface area contributed by atoms with Gasteiger partial charge in [0.05, 0.1) is 5.56 Å². The predicted octanol–water partition coefficient (Wildman–Crippen LogP) is 5.90. The van der Waals surface area contributed by atoms with E-state index in [1.807, 2.05) is 26.0 Å². The third-order valence-corrected chi connectivity index (χ3v) is 6.39. The summed E-state index contributed by atoms with van der Waals surface area (Å²) < 4.78 is 6.25. The minimum Gasteiger partial charge on any atom is -0.507 e. The third kappa shape index (κ3) is 4.42. The van der Waals surface area contributed by atoms with Crippen molar-refractivity contribution in [3.63, 3.8) is 0 Å². The molecule has 29 heavy (non-hydrogen) atoms. The van der Waals surface area contributed by atoms with Crippen molar-refractivity contribution in [2.45, 2.75) is 83.8 Å². The van der Waals surface area contributed by atoms with E-state index in [2.05, 4.69) is 25.8 Å². The fourth-order valence-corrected chi connectivity index (χ4v) is 4.59. The maximum atomic E-state index is 11.7. The van der Waals surface area contributed by atoms with Crippen molar-refractivity contribution in [1.82, 2.24) is 4.98 Å². The van der Waals surface area contributed by atoms with E-state index < -0.39 is 11.2 Å². The molecule has 2 N–H and O–H groups in total. The van der Waals surface area contributed by atoms with Gasteiger partial charge in [-0.05, 0) is 61.1 Å². The Labute approximate surface area is 175 Å². The molecule has 4 heteroatoms. The molecule has 4 nitrogen and oxygen atoms in total. The van der Waals surface area contributed by atoms with E-state index in [4.69, 9.17) is 4.74 Å². The molecule has 3 rings (SSSR count). The van der Waals surface area contributed by atoms with E-state index in [9.17, 15) is 10.2 Å². The summed E-state index contributed by atoms with van der Waals surface area (Å²) in [6, 6.07) is 7.44. The Morgan fingerprint density at radius 1 is 1.14 bits per heavy atom. The van der Waals surface area contributed by atoms with Crippen molar-refractivity contribution < 1.29 is 14.9 Å². The predicted molar refractivity (Wildman–Crippen MR) is 116 cm³/mol. The summed E-state index contributed by atoms with van der Waals surface area (Å²) in [6.45, 7) is 10.7. The highest BCUT2D eigenvalue weighted by molar-refractivity contribution is 5.56. The number of aliphatic hydroxyl groups is 1. The third-order valence-electron chi connectivity index (χ3n) is 6.39. The Kier molecular flexibility index (Phi) is 6.23. The summed E-state index contributed by atoms with van der Waals surface area (Å²) in [5, 5.41) is 22.7. The number of nitrogens with zero attached hydrogens (tertiary/aromatic N) is 1. The molecule has 0 saturated heterocycles. The average Bonchev–Trinajstić information content (AvgIpc) is 2.66. The molecule has 0 radical (unpaired) electrons. The van der Waals surface area contributed by atoms with Crippen LogP contribution in [0.1, 0.15) is 89.3 Å². The fourth-order valence-electron chi connectivity index (χ4n) is 4.59. The number of benzene rings is 1. The highest BCUT2D eigenvalue weighted by Gasteiger charge is 2.47. The molecule has 158 valence electrons. The summed E-state index contributed by atoms with van der Waals surface area (Å²) in [6.07, 6.45) is 8.55. The number of hydrogen-bond acceptors (Lipinski definition) is 4. The number of ether oxygens (including phenoxy) is 1. The summed E-state index contributed by atoms with van der Waals surface area (Å²) in [7, 11) is 0. The lowest BCUT2D eigenvalue weighted by Gasteiger charge is -2.43. The van der Waals surface area contributed by atoms with Crippen LogP contribution in [0.4, 0.5) is 0 Å². The number of fused-ring (bicyclic) bond motifs is 1. The molecule has 0 saturated carbocycles. The van der Waals surface area contributed by atoms with Crippen molar-refractivity contribution in [1.29, 1.82) is 0 Å². The van der Waals surface area contributed by atoms with Gasteiger partial charge < -0.3 is 14.9 Å². The van der Waals surface area contributed by atoms with Crippen LogP contribution in [0.5, 0.6) is 11.5 Å². The fraction of sp³-hybridized carbons (Fsp3) is 0.560. The number of unbranched alkanes of at least 4 members (excludes halogenated alkanes) is 2. The molecule has 1 aliphatic rings. The molecule has 0 spiro atoms. The SMILES string of the molecule is CCCCCC(C)C(C)c1cc(O)c2c(c1)OC(C)(C)CC2(O)c1ccncc1. The molecule has 2 heterocycles. The Morgan fingerprint density at radius 3 is 2.48 bits per heavy atom. The van der Waals surface area contributed by atoms with Crippen molar-refractivity contribution in [3.8, 4) is 11.5 Å². The van der Waals surface area contributed by atoms with Gasteiger partial charge in [-0.2, -0.15) is 0 Å². The van der Waals surface area contributed by atoms with Gasteiger partial charge >= 0.3 is 0 Å². The van der Waals surface area contributed by atoms with Gasteiger partial charge in [-0.15, -0.1) is 0 Å². The first kappa shape index (κ1) is 21.6. The molecule has 0 bridgehead atoms. The zero-order valence-corrected chi connectivity index (χ0v) is 18.4. The number of pyridine rings is 1. The van der Waals surface area contributed by atoms with Crippen LogP contribution in [-0.2, 0) is 5.60 Å². The first-order valence-electron chi connectivity index (χ1n) is 10.9. The molecule has 3 atom stereocenters. The highest BCUT2D eigenvalue weighted by Crippen LogP contribution is 2.52. The van der Waals surface area contributed by atoms with Gasteiger partial charge in [-0.25, -0.2) is 0 Å². The van der Waals surface area contributed by atoms with Crippen molar-refractivity contribution in [2.24, 2.45) is 5.92 Å². The molecule has 0 aliphatic carbocycles. The second-order valence-electron chi connectivity index (χ2n) is 9.31. The van der Waals surface area contributed by atoms with Crippen molar-refractivity contribution >= 4 is 0 Å². The Balaban J connectivity index is 2.01. The van der Waals surface area contributed by atoms with Crippen LogP contribution in [0.25, 0.3) is 0 Å². The number of phenols is 1. The van der Waals surface area contributed by atoms with Gasteiger partial charge in [0.1, 0.15) is 22.7 Å². The van der Waals surface area contributed by atoms with Crippen molar-refractivity contribution in [3.05, 3.63) is 53.3 Å². The topological polar surface area (TPSA) is 62.6 Å². The molecular formula is C25H35NO3. The number of rotatable bonds is 7. The zero-order chi connectivity index (χ0) is 21.2. The quantitative estimate of drug-likeness (QED) is 0.571. The van der Waals surface area contributed by atoms with Gasteiger partial charge in [0.2, 0.25) is 0 Å². The van der Waals surface area contributed by atoms with E-state index in [1.54, 1.807) is 24.5 Å². The monoisotopic (exact) mass is 397 g/mol. The smallest absolute Gasteiger partial charge is 0.130 e. The molecule has 2 aromatic rings. The summed E-state index contributed by atoms with van der Waals surface area (Å²) in [5.41, 5.74) is 0.344. The van der Waals surface area contributed by atoms with Crippen LogP contribution in [0.3, 0.4) is 0 Å². The van der Waals surface area contributed by atoms with Crippen LogP contribution in [0.15, 0.2) is 36.7 Å². The lowest BCUT2D eigenvalue weighted by atomic mass is 9.74. The van der Waals surface area contributed by atoms with Crippen LogP contribution in [0, 0.1) is 5.92 Å². The van der Waals surface area contributed by atoms with Crippen LogP contribution < -0.4 is 4.74 Å². The summed E-state index contributed by atoms with van der Waals surface area (Å²) >= 11 is 0. The molecule has 1 aliphatic heterocycles. The largest absolute Gasteiger partial charge is 0.507 e. The molecule has 0 fully saturated rings. The molecule has 0 amide bonds. The Bertz CT molecular complexity index is 833. The van der Waals surface area contributed by atoms with E-state index in [0.29, 0.717) is 35.1 Å². The molecule has 1 aromatic heterocycles. The van der Waals surface area contributed by atoms with E-state index in [-0.39, 0.29) is 5.75 Å². The number of aromatic nitrogens is 1. The van der Waals surface area contributed by atoms with Crippen LogP contribution >= 0.6 is 0 Å². The normalized spacial score (nSPS) is 22.4. The minimum atomic E-state index is -1.32. The first-order valence-corrected chi connectivity index (χ1v) is 10.9. The maximum Gasteiger partial charge on any atom is 0.130 e. The summed E-state index contributed by atoms with van der Waals surface area (Å²) in [5.74, 6) is 1.48. The molecule has 1 aromatic carbocycles. The number of phenolic OH excluding ortho intramolecular Hbond substituents is 1. The second kappa shape index (κ2) is 8.35. The van der Waals surface area contributed by atoms with Gasteiger partial charge in [0, 0.05) is 18.8 Å².